The van der Waals surface area contributed by atoms with E-state index < -0.39 is 15.8 Å². The minimum absolute atomic E-state index is 0.0858. The number of aryl methyl sites for hydroxylation is 1. The van der Waals surface area contributed by atoms with Crippen molar-refractivity contribution in [1.29, 1.82) is 0 Å². The van der Waals surface area contributed by atoms with Crippen molar-refractivity contribution in [1.82, 2.24) is 0 Å². The summed E-state index contributed by atoms with van der Waals surface area (Å²) in [6.07, 6.45) is 14.2. The Labute approximate surface area is 495 Å². The summed E-state index contributed by atoms with van der Waals surface area (Å²) in [5.41, 5.74) is 7.66. The van der Waals surface area contributed by atoms with Crippen molar-refractivity contribution in [3.63, 3.8) is 0 Å². The number of anilines is 1. The molecule has 0 spiro atoms. The van der Waals surface area contributed by atoms with Gasteiger partial charge in [0.05, 0.1) is 21.1 Å². The van der Waals surface area contributed by atoms with Gasteiger partial charge in [0.25, 0.3) is 0 Å². The summed E-state index contributed by atoms with van der Waals surface area (Å²) in [4.78, 5) is 32.1. The molecule has 20 heteroatoms. The fourth-order valence-corrected chi connectivity index (χ4v) is 5.22. The number of esters is 1. The molecule has 0 unspecified atom stereocenters. The molecule has 0 saturated carbocycles. The molecule has 11 nitrogen and oxygen atoms in total. The molecular formula is C48H65BrI6N3O8V2-2. The first-order valence-electron chi connectivity index (χ1n) is 21.3. The Kier molecular flexibility index (Phi) is 57.1. The van der Waals surface area contributed by atoms with Gasteiger partial charge >= 0.3 is 132 Å². The molecule has 0 atom stereocenters. The predicted octanol–water partition coefficient (Wildman–Crippen LogP) is 19.0. The van der Waals surface area contributed by atoms with E-state index in [9.17, 15) is 30.1 Å². The van der Waals surface area contributed by atoms with Crippen LogP contribution in [0.15, 0.2) is 89.4 Å². The van der Waals surface area contributed by atoms with Crippen LogP contribution in [0.25, 0.3) is 0 Å². The van der Waals surface area contributed by atoms with Crippen LogP contribution in [0.2, 0.25) is 0 Å². The van der Waals surface area contributed by atoms with Crippen LogP contribution in [0, 0.1) is 45.9 Å². The van der Waals surface area contributed by atoms with Crippen LogP contribution in [-0.4, -0.2) is 30.0 Å². The number of hydrogen-bond donors (Lipinski definition) is 3. The van der Waals surface area contributed by atoms with Crippen molar-refractivity contribution in [2.45, 2.75) is 123 Å². The number of phenols is 2. The number of rotatable bonds is 15. The van der Waals surface area contributed by atoms with Gasteiger partial charge in [-0.1, -0.05) is 154 Å². The first-order valence-corrected chi connectivity index (χ1v) is 45.9. The number of benzene rings is 4. The second kappa shape index (κ2) is 52.0. The van der Waals surface area contributed by atoms with E-state index in [0.717, 1.165) is 29.6 Å². The summed E-state index contributed by atoms with van der Waals surface area (Å²) >= 11 is 17.5. The molecule has 4 aromatic carbocycles. The van der Waals surface area contributed by atoms with Crippen molar-refractivity contribution >= 4 is 161 Å². The quantitative estimate of drug-likeness (QED) is 0.00893. The maximum atomic E-state index is 12.1. The normalized spacial score (nSPS) is 9.25. The monoisotopic (exact) mass is 1750 g/mol. The molecule has 0 aromatic heterocycles. The summed E-state index contributed by atoms with van der Waals surface area (Å²) in [6.45, 7) is 18.7. The fourth-order valence-electron chi connectivity index (χ4n) is 4.87. The van der Waals surface area contributed by atoms with Crippen molar-refractivity contribution in [3.05, 3.63) is 140 Å². The van der Waals surface area contributed by atoms with Gasteiger partial charge in [-0.3, -0.25) is 20.2 Å². The topological polar surface area (TPSA) is 179 Å². The van der Waals surface area contributed by atoms with Gasteiger partial charge in [-0.05, 0) is 73.4 Å². The van der Waals surface area contributed by atoms with Crippen LogP contribution in [0.1, 0.15) is 134 Å². The van der Waals surface area contributed by atoms with Gasteiger partial charge in [0.15, 0.2) is 5.75 Å². The number of carbonyl (C=O) groups is 1. The van der Waals surface area contributed by atoms with E-state index >= 15 is 0 Å². The SMILES string of the molecule is CC(C)I.CCCCCCC#Cc1ccc(OC(=O)c2ccccc2)c([N+](=O)[O-])c1.CCCCCCCCc1ccc(O)c(N)c1.O=[N+]([O-])c1cc(Br)ccc1O.[CH2-]C.[CH2-]C.[I][V]([I])[I].[I][V][I]. The molecule has 4 aromatic rings. The molecule has 0 fully saturated rings. The third kappa shape index (κ3) is 44.8. The number of hydrogen-bond acceptors (Lipinski definition) is 9. The number of carbonyl (C=O) groups excluding carboxylic acids is 1. The van der Waals surface area contributed by atoms with Crippen molar-refractivity contribution in [2.75, 3.05) is 5.73 Å². The van der Waals surface area contributed by atoms with Crippen molar-refractivity contribution in [3.8, 4) is 29.1 Å². The molecule has 381 valence electrons. The van der Waals surface area contributed by atoms with Gasteiger partial charge in [0.1, 0.15) is 5.75 Å². The molecular weight excluding hydrogens is 1690 g/mol. The second-order valence-electron chi connectivity index (χ2n) is 13.4. The number of nitrogens with two attached hydrogens (primary N) is 1. The minimum atomic E-state index is -0.639. The molecule has 4 N–H and O–H groups in total. The van der Waals surface area contributed by atoms with Gasteiger partial charge in [-0.2, -0.15) is 13.8 Å². The standard InChI is InChI=1S/C21H21NO4.C14H23NO.C6H4BrNO3.C3H7I.2C2H5.5HI.2V/c1-2-3-4-5-6-8-11-17-14-15-20(19(16-17)22(24)25)26-21(23)18-12-9-7-10-13-18;1-2-3-4-5-6-7-8-12-9-10-14(16)13(15)11-12;7-4-1-2-6(9)5(3-4)8(10)11;1-3(2)4;2*1-2;;;;;;;/h7,9-10,12-16H,2-6H2,1H3;9-11,16H,2-8,15H2,1H3;1-3,9H;3H,1-2H3;2*1H2,2H3;5*1H;;/q;;;;2*-1;;;;;;+2;+3/p-5. The van der Waals surface area contributed by atoms with E-state index in [2.05, 4.69) is 192 Å². The van der Waals surface area contributed by atoms with Crippen molar-refractivity contribution in [2.24, 2.45) is 0 Å². The van der Waals surface area contributed by atoms with Crippen LogP contribution in [0.5, 0.6) is 17.2 Å². The van der Waals surface area contributed by atoms with E-state index in [1.807, 2.05) is 12.1 Å². The Morgan fingerprint density at radius 1 is 0.779 bits per heavy atom. The molecule has 0 aliphatic carbocycles. The van der Waals surface area contributed by atoms with Crippen molar-refractivity contribution < 1.29 is 44.0 Å². The summed E-state index contributed by atoms with van der Waals surface area (Å²) in [6, 6.07) is 22.3. The summed E-state index contributed by atoms with van der Waals surface area (Å²) in [5, 5.41) is 39.7. The molecule has 0 aliphatic rings. The Bertz CT molecular complexity index is 1970. The Hall–Kier alpha value is 0.139. The third-order valence-electron chi connectivity index (χ3n) is 7.80. The molecule has 0 amide bonds. The van der Waals surface area contributed by atoms with E-state index in [-0.39, 0.29) is 33.5 Å². The van der Waals surface area contributed by atoms with Crippen LogP contribution in [-0.2, 0) is 20.8 Å². The zero-order chi connectivity index (χ0) is 52.9. The van der Waals surface area contributed by atoms with Crippen LogP contribution in [0.4, 0.5) is 17.1 Å². The van der Waals surface area contributed by atoms with Crippen LogP contribution in [0.3, 0.4) is 0 Å². The number of halogens is 7. The van der Waals surface area contributed by atoms with Gasteiger partial charge in [-0.15, -0.1) is 0 Å². The third-order valence-corrected chi connectivity index (χ3v) is 8.29. The number of nitrogens with zero attached hydrogens (tertiary/aromatic N) is 2. The Morgan fingerprint density at radius 3 is 1.75 bits per heavy atom. The summed E-state index contributed by atoms with van der Waals surface area (Å²) in [5.74, 6) is 5.11. The fraction of sp³-hybridized carbons (Fsp3) is 0.396. The zero-order valence-corrected chi connectivity index (χ0v) is 56.7. The number of ether oxygens (including phenoxy) is 1. The first-order chi connectivity index (χ1) is 32.3. The van der Waals surface area contributed by atoms with E-state index in [0.29, 0.717) is 30.8 Å². The Morgan fingerprint density at radius 2 is 1.26 bits per heavy atom. The number of nitrogen functional groups attached to an aromatic ring is 1. The number of aromatic hydroxyl groups is 2. The van der Waals surface area contributed by atoms with Gasteiger partial charge in [0.2, 0.25) is 5.75 Å². The average molecular weight is 1760 g/mol. The number of unbranched alkanes of at least 4 members (excludes halogenated alkanes) is 9. The maximum absolute atomic E-state index is 12.1. The van der Waals surface area contributed by atoms with E-state index in [1.165, 1.54) is 87.3 Å². The van der Waals surface area contributed by atoms with Gasteiger partial charge < -0.3 is 34.5 Å². The van der Waals surface area contributed by atoms with E-state index in [1.54, 1.807) is 56.3 Å². The van der Waals surface area contributed by atoms with Gasteiger partial charge in [0, 0.05) is 32.5 Å². The van der Waals surface area contributed by atoms with Gasteiger partial charge in [-0.25, -0.2) is 4.79 Å². The molecule has 0 aliphatic heterocycles. The van der Waals surface area contributed by atoms with Crippen LogP contribution >= 0.6 is 138 Å². The summed E-state index contributed by atoms with van der Waals surface area (Å²) < 4.78 is 6.56. The molecule has 0 saturated heterocycles. The predicted molar refractivity (Wildman–Crippen MR) is 334 cm³/mol. The molecule has 0 bridgehead atoms. The van der Waals surface area contributed by atoms with Crippen LogP contribution < -0.4 is 10.5 Å². The molecule has 0 heterocycles. The molecule has 4 rings (SSSR count). The average Bonchev–Trinajstić information content (AvgIpc) is 3.30. The molecule has 0 radical (unpaired) electrons. The summed E-state index contributed by atoms with van der Waals surface area (Å²) in [7, 11) is 0.628. The van der Waals surface area contributed by atoms with E-state index in [4.69, 9.17) is 15.6 Å². The second-order valence-corrected chi connectivity index (χ2v) is 63.9. The molecule has 68 heavy (non-hydrogen) atoms. The zero-order valence-electron chi connectivity index (χ0n) is 39.4. The number of phenolic OH excluding ortho intramolecular Hbond substituents is 2. The number of nitro benzene ring substituents is 2. The number of nitro groups is 2. The Balaban J connectivity index is -0.000000415. The number of alkyl halides is 1. The first kappa shape index (κ1) is 74.7.